The highest BCUT2D eigenvalue weighted by Gasteiger charge is 2.36. The number of aryl methyl sites for hydroxylation is 1. The molecule has 0 bridgehead atoms. The van der Waals surface area contributed by atoms with E-state index in [1.165, 1.54) is 46.0 Å². The van der Waals surface area contributed by atoms with Crippen molar-refractivity contribution in [2.75, 3.05) is 0 Å². The number of hydrogen-bond acceptors (Lipinski definition) is 2. The van der Waals surface area contributed by atoms with Crippen molar-refractivity contribution in [2.24, 2.45) is 0 Å². The number of carbonyl (C=O) groups excluding carboxylic acids is 1. The van der Waals surface area contributed by atoms with E-state index in [0.717, 1.165) is 29.7 Å². The molecule has 1 aliphatic carbocycles. The molecule has 35 heavy (non-hydrogen) atoms. The Bertz CT molecular complexity index is 1380. The summed E-state index contributed by atoms with van der Waals surface area (Å²) >= 11 is 8.07. The van der Waals surface area contributed by atoms with Crippen LogP contribution in [0.5, 0.6) is 0 Å². The number of amides is 2. The molecule has 4 nitrogen and oxygen atoms in total. The molecule has 2 aromatic carbocycles. The molecule has 1 atom stereocenters. The standard InChI is InChI=1S/C28H25ClFN3OS/c29-20-11-9-19(10-12-20)26-24-5-3-15-32(24)27-23(22-4-1-2-6-25(22)35-27)17-33(26)28(34)31-16-18-7-13-21(30)14-8-18/h3,5,7-15,26H,1-2,4,6,16-17H2,(H,31,34). The van der Waals surface area contributed by atoms with E-state index in [1.807, 2.05) is 40.5 Å². The Morgan fingerprint density at radius 1 is 1.03 bits per heavy atom. The molecular formula is C28H25ClFN3OS. The second-order valence-corrected chi connectivity index (χ2v) is 10.7. The first-order chi connectivity index (χ1) is 17.1. The normalized spacial score (nSPS) is 16.7. The van der Waals surface area contributed by atoms with Gasteiger partial charge in [-0.15, -0.1) is 11.3 Å². The van der Waals surface area contributed by atoms with E-state index >= 15 is 0 Å². The smallest absolute Gasteiger partial charge is 0.318 e. The number of urea groups is 1. The number of carbonyl (C=O) groups is 1. The first kappa shape index (κ1) is 22.4. The maximum Gasteiger partial charge on any atom is 0.318 e. The van der Waals surface area contributed by atoms with E-state index in [-0.39, 0.29) is 17.9 Å². The number of hydrogen-bond donors (Lipinski definition) is 1. The topological polar surface area (TPSA) is 37.3 Å². The molecule has 2 amide bonds. The SMILES string of the molecule is O=C(NCc1ccc(F)cc1)N1Cc2c(sc3c2CCCC3)-n2cccc2C1c1ccc(Cl)cc1. The van der Waals surface area contributed by atoms with Crippen LogP contribution in [-0.2, 0) is 25.9 Å². The third-order valence-electron chi connectivity index (χ3n) is 6.98. The van der Waals surface area contributed by atoms with Gasteiger partial charge >= 0.3 is 6.03 Å². The Balaban J connectivity index is 1.42. The average molecular weight is 506 g/mol. The van der Waals surface area contributed by atoms with Gasteiger partial charge in [-0.2, -0.15) is 0 Å². The van der Waals surface area contributed by atoms with E-state index in [1.54, 1.807) is 12.1 Å². The molecule has 0 spiro atoms. The van der Waals surface area contributed by atoms with Crippen LogP contribution in [0, 0.1) is 5.82 Å². The van der Waals surface area contributed by atoms with Crippen molar-refractivity contribution < 1.29 is 9.18 Å². The van der Waals surface area contributed by atoms with Crippen LogP contribution in [0.15, 0.2) is 66.9 Å². The molecule has 2 aromatic heterocycles. The lowest BCUT2D eigenvalue weighted by molar-refractivity contribution is 0.180. The van der Waals surface area contributed by atoms with Crippen molar-refractivity contribution in [1.82, 2.24) is 14.8 Å². The van der Waals surface area contributed by atoms with Gasteiger partial charge in [0, 0.05) is 28.2 Å². The fourth-order valence-corrected chi connectivity index (χ4v) is 6.79. The van der Waals surface area contributed by atoms with Gasteiger partial charge < -0.3 is 14.8 Å². The second kappa shape index (κ2) is 9.17. The fourth-order valence-electron chi connectivity index (χ4n) is 5.26. The summed E-state index contributed by atoms with van der Waals surface area (Å²) in [6.45, 7) is 0.865. The predicted molar refractivity (Wildman–Crippen MR) is 138 cm³/mol. The van der Waals surface area contributed by atoms with Gasteiger partial charge in [-0.25, -0.2) is 9.18 Å². The van der Waals surface area contributed by atoms with Gasteiger partial charge in [0.15, 0.2) is 0 Å². The minimum Gasteiger partial charge on any atom is -0.334 e. The molecule has 3 heterocycles. The summed E-state index contributed by atoms with van der Waals surface area (Å²) in [5, 5.41) is 4.98. The molecule has 7 heteroatoms. The number of aromatic nitrogens is 1. The largest absolute Gasteiger partial charge is 0.334 e. The summed E-state index contributed by atoms with van der Waals surface area (Å²) in [7, 11) is 0. The van der Waals surface area contributed by atoms with Crippen LogP contribution in [0.3, 0.4) is 0 Å². The van der Waals surface area contributed by atoms with Crippen molar-refractivity contribution in [2.45, 2.75) is 44.8 Å². The quantitative estimate of drug-likeness (QED) is 0.319. The zero-order valence-corrected chi connectivity index (χ0v) is 20.7. The number of fused-ring (bicyclic) bond motifs is 5. The lowest BCUT2D eigenvalue weighted by Gasteiger charge is -2.31. The Kier molecular flexibility index (Phi) is 5.86. The minimum atomic E-state index is -0.286. The lowest BCUT2D eigenvalue weighted by Crippen LogP contribution is -2.41. The average Bonchev–Trinajstić information content (AvgIpc) is 3.46. The third kappa shape index (κ3) is 4.15. The van der Waals surface area contributed by atoms with Crippen LogP contribution in [0.1, 0.15) is 51.7 Å². The first-order valence-electron chi connectivity index (χ1n) is 11.9. The van der Waals surface area contributed by atoms with E-state index in [9.17, 15) is 9.18 Å². The van der Waals surface area contributed by atoms with Gasteiger partial charge in [0.25, 0.3) is 0 Å². The van der Waals surface area contributed by atoms with Gasteiger partial charge in [0.2, 0.25) is 0 Å². The number of benzene rings is 2. The van der Waals surface area contributed by atoms with Crippen molar-refractivity contribution in [3.05, 3.63) is 111 Å². The Morgan fingerprint density at radius 2 is 1.80 bits per heavy atom. The molecule has 0 saturated heterocycles. The number of rotatable bonds is 3. The van der Waals surface area contributed by atoms with Crippen molar-refractivity contribution >= 4 is 29.0 Å². The summed E-state index contributed by atoms with van der Waals surface area (Å²) in [4.78, 5) is 17.2. The molecule has 2 aliphatic rings. The van der Waals surface area contributed by atoms with E-state index in [2.05, 4.69) is 28.2 Å². The van der Waals surface area contributed by atoms with Crippen LogP contribution in [0.4, 0.5) is 9.18 Å². The summed E-state index contributed by atoms with van der Waals surface area (Å²) in [5.74, 6) is -0.286. The second-order valence-electron chi connectivity index (χ2n) is 9.16. The molecule has 6 rings (SSSR count). The van der Waals surface area contributed by atoms with Crippen molar-refractivity contribution in [3.63, 3.8) is 0 Å². The molecular weight excluding hydrogens is 481 g/mol. The molecule has 0 radical (unpaired) electrons. The van der Waals surface area contributed by atoms with Gasteiger partial charge in [-0.1, -0.05) is 35.9 Å². The highest BCUT2D eigenvalue weighted by atomic mass is 35.5. The minimum absolute atomic E-state index is 0.148. The van der Waals surface area contributed by atoms with E-state index in [0.29, 0.717) is 18.1 Å². The van der Waals surface area contributed by atoms with Gasteiger partial charge in [0.1, 0.15) is 10.8 Å². The molecule has 178 valence electrons. The summed E-state index contributed by atoms with van der Waals surface area (Å²) in [5.41, 5.74) is 5.60. The zero-order valence-electron chi connectivity index (χ0n) is 19.1. The molecule has 1 N–H and O–H groups in total. The molecule has 1 unspecified atom stereocenters. The Morgan fingerprint density at radius 3 is 2.60 bits per heavy atom. The molecule has 4 aromatic rings. The number of nitrogens with zero attached hydrogens (tertiary/aromatic N) is 2. The monoisotopic (exact) mass is 505 g/mol. The van der Waals surface area contributed by atoms with Crippen molar-refractivity contribution in [3.8, 4) is 5.00 Å². The Labute approximate surface area is 213 Å². The molecule has 0 fully saturated rings. The number of thiophene rings is 1. The highest BCUT2D eigenvalue weighted by molar-refractivity contribution is 7.15. The van der Waals surface area contributed by atoms with Crippen LogP contribution in [0.2, 0.25) is 5.02 Å². The maximum absolute atomic E-state index is 13.8. The van der Waals surface area contributed by atoms with Gasteiger partial charge in [0.05, 0.1) is 18.3 Å². The van der Waals surface area contributed by atoms with E-state index < -0.39 is 0 Å². The van der Waals surface area contributed by atoms with Crippen molar-refractivity contribution in [1.29, 1.82) is 0 Å². The molecule has 1 aliphatic heterocycles. The van der Waals surface area contributed by atoms with Gasteiger partial charge in [-0.05, 0) is 78.8 Å². The first-order valence-corrected chi connectivity index (χ1v) is 13.1. The summed E-state index contributed by atoms with van der Waals surface area (Å²) in [6, 6.07) is 17.7. The van der Waals surface area contributed by atoms with Crippen LogP contribution >= 0.6 is 22.9 Å². The Hall–Kier alpha value is -3.09. The van der Waals surface area contributed by atoms with E-state index in [4.69, 9.17) is 11.6 Å². The fraction of sp³-hybridized carbons (Fsp3) is 0.250. The third-order valence-corrected chi connectivity index (χ3v) is 8.57. The summed E-state index contributed by atoms with van der Waals surface area (Å²) in [6.07, 6.45) is 6.70. The molecule has 0 saturated carbocycles. The van der Waals surface area contributed by atoms with Crippen LogP contribution < -0.4 is 5.32 Å². The zero-order chi connectivity index (χ0) is 23.9. The maximum atomic E-state index is 13.8. The lowest BCUT2D eigenvalue weighted by atomic mass is 9.95. The highest BCUT2D eigenvalue weighted by Crippen LogP contribution is 2.44. The van der Waals surface area contributed by atoms with Gasteiger partial charge in [-0.3, -0.25) is 0 Å². The summed E-state index contributed by atoms with van der Waals surface area (Å²) < 4.78 is 15.6. The number of nitrogens with one attached hydrogen (secondary N) is 1. The van der Waals surface area contributed by atoms with Crippen LogP contribution in [0.25, 0.3) is 5.00 Å². The predicted octanol–water partition coefficient (Wildman–Crippen LogP) is 7.02. The number of halogens is 2. The van der Waals surface area contributed by atoms with Crippen LogP contribution in [-0.4, -0.2) is 15.5 Å².